The number of nitrogens with one attached hydrogen (secondary N) is 2. The lowest BCUT2D eigenvalue weighted by Crippen LogP contribution is -2.52. The number of piperidine rings is 1. The number of rotatable bonds is 10. The molecular formula is C29H38N6O4. The molecule has 3 heterocycles. The Morgan fingerprint density at radius 1 is 0.846 bits per heavy atom. The molecule has 0 atom stereocenters. The highest BCUT2D eigenvalue weighted by Crippen LogP contribution is 2.34. The van der Waals surface area contributed by atoms with Crippen molar-refractivity contribution in [2.75, 3.05) is 70.8 Å². The molecule has 0 bridgehead atoms. The van der Waals surface area contributed by atoms with E-state index in [1.54, 1.807) is 33.7 Å². The Morgan fingerprint density at radius 3 is 2.18 bits per heavy atom. The molecule has 0 spiro atoms. The van der Waals surface area contributed by atoms with Crippen molar-refractivity contribution in [3.63, 3.8) is 0 Å². The van der Waals surface area contributed by atoms with E-state index >= 15 is 0 Å². The Kier molecular flexibility index (Phi) is 8.85. The molecule has 2 fully saturated rings. The predicted octanol–water partition coefficient (Wildman–Crippen LogP) is 3.70. The molecule has 2 N–H and O–H groups in total. The number of aromatic nitrogens is 2. The van der Waals surface area contributed by atoms with Crippen molar-refractivity contribution in [3.05, 3.63) is 54.4 Å². The fourth-order valence-electron chi connectivity index (χ4n) is 5.24. The zero-order valence-electron chi connectivity index (χ0n) is 23.0. The Labute approximate surface area is 230 Å². The van der Waals surface area contributed by atoms with E-state index in [4.69, 9.17) is 18.9 Å². The highest BCUT2D eigenvalue weighted by atomic mass is 16.5. The molecule has 0 aliphatic carbocycles. The number of hydrogen-bond donors (Lipinski definition) is 2. The monoisotopic (exact) mass is 534 g/mol. The van der Waals surface area contributed by atoms with E-state index in [0.717, 1.165) is 62.0 Å². The van der Waals surface area contributed by atoms with Gasteiger partial charge in [-0.2, -0.15) is 0 Å². The third kappa shape index (κ3) is 6.82. The third-order valence-electron chi connectivity index (χ3n) is 7.35. The van der Waals surface area contributed by atoms with Crippen molar-refractivity contribution in [2.24, 2.45) is 0 Å². The van der Waals surface area contributed by atoms with E-state index in [0.29, 0.717) is 35.8 Å². The maximum absolute atomic E-state index is 5.87. The van der Waals surface area contributed by atoms with E-state index < -0.39 is 0 Å². The van der Waals surface area contributed by atoms with Crippen LogP contribution in [0.25, 0.3) is 0 Å². The van der Waals surface area contributed by atoms with Crippen molar-refractivity contribution >= 4 is 17.3 Å². The van der Waals surface area contributed by atoms with Gasteiger partial charge in [-0.25, -0.2) is 9.97 Å². The first-order chi connectivity index (χ1) is 19.1. The summed E-state index contributed by atoms with van der Waals surface area (Å²) < 4.78 is 22.3. The van der Waals surface area contributed by atoms with Crippen molar-refractivity contribution in [1.29, 1.82) is 0 Å². The summed E-state index contributed by atoms with van der Waals surface area (Å²) in [5.74, 6) is 3.32. The molecule has 2 aromatic carbocycles. The van der Waals surface area contributed by atoms with Crippen molar-refractivity contribution in [1.82, 2.24) is 20.2 Å². The van der Waals surface area contributed by atoms with Gasteiger partial charge in [0, 0.05) is 63.1 Å². The van der Waals surface area contributed by atoms with Crippen molar-refractivity contribution < 1.29 is 18.9 Å². The van der Waals surface area contributed by atoms with Crippen LogP contribution in [0, 0.1) is 0 Å². The smallest absolute Gasteiger partial charge is 0.227 e. The molecule has 2 saturated heterocycles. The second-order valence-electron chi connectivity index (χ2n) is 9.77. The topological polar surface area (TPSA) is 93.2 Å². The second-order valence-corrected chi connectivity index (χ2v) is 9.77. The minimum atomic E-state index is 0.342. The van der Waals surface area contributed by atoms with Crippen LogP contribution in [0.3, 0.4) is 0 Å². The number of ether oxygens (including phenoxy) is 4. The van der Waals surface area contributed by atoms with Gasteiger partial charge in [0.2, 0.25) is 5.95 Å². The molecule has 2 aliphatic heterocycles. The highest BCUT2D eigenvalue weighted by Gasteiger charge is 2.26. The quantitative estimate of drug-likeness (QED) is 0.401. The maximum atomic E-state index is 5.87. The van der Waals surface area contributed by atoms with Crippen LogP contribution in [-0.2, 0) is 6.61 Å². The molecule has 0 unspecified atom stereocenters. The molecule has 39 heavy (non-hydrogen) atoms. The molecule has 0 amide bonds. The molecule has 0 radical (unpaired) electrons. The average Bonchev–Trinajstić information content (AvgIpc) is 3.01. The molecule has 1 aromatic heterocycles. The Balaban J connectivity index is 1.16. The first-order valence-corrected chi connectivity index (χ1v) is 13.5. The van der Waals surface area contributed by atoms with Gasteiger partial charge in [-0.1, -0.05) is 0 Å². The van der Waals surface area contributed by atoms with Crippen LogP contribution in [0.5, 0.6) is 23.0 Å². The summed E-state index contributed by atoms with van der Waals surface area (Å²) in [6.45, 7) is 6.91. The van der Waals surface area contributed by atoms with Gasteiger partial charge >= 0.3 is 0 Å². The molecule has 10 nitrogen and oxygen atoms in total. The van der Waals surface area contributed by atoms with E-state index in [2.05, 4.69) is 36.5 Å². The van der Waals surface area contributed by atoms with Gasteiger partial charge in [-0.15, -0.1) is 0 Å². The van der Waals surface area contributed by atoms with E-state index in [1.807, 2.05) is 30.3 Å². The van der Waals surface area contributed by atoms with Gasteiger partial charge in [0.25, 0.3) is 0 Å². The van der Waals surface area contributed by atoms with Gasteiger partial charge in [-0.3, -0.25) is 4.90 Å². The van der Waals surface area contributed by atoms with Crippen LogP contribution in [-0.4, -0.2) is 81.5 Å². The van der Waals surface area contributed by atoms with E-state index in [-0.39, 0.29) is 0 Å². The molecule has 3 aromatic rings. The lowest BCUT2D eigenvalue weighted by Gasteiger charge is -2.41. The fourth-order valence-corrected chi connectivity index (χ4v) is 5.24. The van der Waals surface area contributed by atoms with Crippen LogP contribution < -0.4 is 34.5 Å². The summed E-state index contributed by atoms with van der Waals surface area (Å²) in [5.41, 5.74) is 2.91. The van der Waals surface area contributed by atoms with E-state index in [9.17, 15) is 0 Å². The van der Waals surface area contributed by atoms with Gasteiger partial charge < -0.3 is 34.5 Å². The number of methoxy groups -OCH3 is 3. The minimum absolute atomic E-state index is 0.342. The fraction of sp³-hybridized carbons (Fsp3) is 0.448. The molecule has 0 saturated carbocycles. The lowest BCUT2D eigenvalue weighted by atomic mass is 10.0. The number of piperazine rings is 1. The van der Waals surface area contributed by atoms with Crippen molar-refractivity contribution in [3.8, 4) is 23.0 Å². The second kappa shape index (κ2) is 12.9. The molecule has 208 valence electrons. The first-order valence-electron chi connectivity index (χ1n) is 13.5. The molecule has 5 rings (SSSR count). The number of anilines is 3. The molecular weight excluding hydrogens is 496 g/mol. The summed E-state index contributed by atoms with van der Waals surface area (Å²) in [6.07, 6.45) is 5.66. The van der Waals surface area contributed by atoms with Crippen LogP contribution in [0.2, 0.25) is 0 Å². The summed E-state index contributed by atoms with van der Waals surface area (Å²) in [5, 5.41) is 6.72. The Morgan fingerprint density at radius 2 is 1.54 bits per heavy atom. The zero-order valence-corrected chi connectivity index (χ0v) is 23.0. The standard InChI is InChI=1S/C29H38N6O4/c1-36-24-14-21(15-25(17-24)37-2)20-39-26-18-31-29(32-19-26)33-22-4-5-27(28(16-22)38-3)35-10-6-23(7-11-35)34-12-8-30-9-13-34/h4-5,14-19,23,30H,6-13,20H2,1-3H3,(H,31,32,33). The Bertz CT molecular complexity index is 1190. The number of nitrogens with zero attached hydrogens (tertiary/aromatic N) is 4. The number of benzene rings is 2. The Hall–Kier alpha value is -3.76. The van der Waals surface area contributed by atoms with Crippen LogP contribution >= 0.6 is 0 Å². The lowest BCUT2D eigenvalue weighted by molar-refractivity contribution is 0.150. The van der Waals surface area contributed by atoms with Gasteiger partial charge in [0.1, 0.15) is 23.9 Å². The summed E-state index contributed by atoms with van der Waals surface area (Å²) in [4.78, 5) is 13.9. The van der Waals surface area contributed by atoms with Gasteiger partial charge in [0.05, 0.1) is 39.4 Å². The minimum Gasteiger partial charge on any atom is -0.497 e. The van der Waals surface area contributed by atoms with Crippen LogP contribution in [0.1, 0.15) is 18.4 Å². The summed E-state index contributed by atoms with van der Waals surface area (Å²) in [7, 11) is 4.97. The normalized spacial score (nSPS) is 16.5. The zero-order chi connectivity index (χ0) is 27.0. The largest absolute Gasteiger partial charge is 0.497 e. The maximum Gasteiger partial charge on any atom is 0.227 e. The van der Waals surface area contributed by atoms with E-state index in [1.165, 1.54) is 12.8 Å². The van der Waals surface area contributed by atoms with Crippen LogP contribution in [0.4, 0.5) is 17.3 Å². The average molecular weight is 535 g/mol. The third-order valence-corrected chi connectivity index (χ3v) is 7.35. The van der Waals surface area contributed by atoms with Crippen LogP contribution in [0.15, 0.2) is 48.8 Å². The summed E-state index contributed by atoms with van der Waals surface area (Å²) >= 11 is 0. The summed E-state index contributed by atoms with van der Waals surface area (Å²) in [6, 6.07) is 12.5. The first kappa shape index (κ1) is 26.8. The predicted molar refractivity (Wildman–Crippen MR) is 152 cm³/mol. The van der Waals surface area contributed by atoms with Gasteiger partial charge in [-0.05, 0) is 42.7 Å². The van der Waals surface area contributed by atoms with Gasteiger partial charge in [0.15, 0.2) is 5.75 Å². The number of hydrogen-bond acceptors (Lipinski definition) is 10. The highest BCUT2D eigenvalue weighted by molar-refractivity contribution is 5.67. The SMILES string of the molecule is COc1cc(COc2cnc(Nc3ccc(N4CCC(N5CCNCC5)CC4)c(OC)c3)nc2)cc(OC)c1. The molecule has 10 heteroatoms. The molecule has 2 aliphatic rings. The van der Waals surface area contributed by atoms with Crippen molar-refractivity contribution in [2.45, 2.75) is 25.5 Å².